The number of imidazole rings is 1. The highest BCUT2D eigenvalue weighted by Crippen LogP contribution is 2.31. The summed E-state index contributed by atoms with van der Waals surface area (Å²) >= 11 is 0. The van der Waals surface area contributed by atoms with Crippen LogP contribution in [0.25, 0.3) is 11.2 Å². The fraction of sp³-hybridized carbons (Fsp3) is 0.500. The molecule has 0 atom stereocenters. The molecule has 5 heterocycles. The standard InChI is InChI=1S/C26H33N7O2/c1-19-3-2-4-21(15-19)25-27-7-8-33(30-25)23-16-22(31-9-13-35-14-10-31)24-26(29-23)32(18-28-24)17-20-5-11-34-12-6-20/h2-4,15-16,18,20H,5-14,17H2,1H3,(H,27,30). The third-order valence-electron chi connectivity index (χ3n) is 7.09. The van der Waals surface area contributed by atoms with E-state index < -0.39 is 0 Å². The van der Waals surface area contributed by atoms with Gasteiger partial charge < -0.3 is 18.9 Å². The molecule has 9 nitrogen and oxygen atoms in total. The number of pyridine rings is 1. The first-order valence-electron chi connectivity index (χ1n) is 12.7. The Labute approximate surface area is 205 Å². The molecule has 0 amide bonds. The van der Waals surface area contributed by atoms with Crippen LogP contribution in [0.15, 0.2) is 41.7 Å². The molecule has 0 unspecified atom stereocenters. The van der Waals surface area contributed by atoms with Gasteiger partial charge in [0.1, 0.15) is 11.4 Å². The van der Waals surface area contributed by atoms with Crippen molar-refractivity contribution in [2.45, 2.75) is 26.3 Å². The van der Waals surface area contributed by atoms with Gasteiger partial charge in [-0.3, -0.25) is 15.4 Å². The fourth-order valence-corrected chi connectivity index (χ4v) is 5.13. The third kappa shape index (κ3) is 4.70. The molecule has 3 aliphatic rings. The lowest BCUT2D eigenvalue weighted by molar-refractivity contribution is 0.0615. The van der Waals surface area contributed by atoms with Crippen molar-refractivity contribution in [3.63, 3.8) is 0 Å². The normalized spacial score (nSPS) is 19.6. The van der Waals surface area contributed by atoms with Crippen LogP contribution in [-0.4, -0.2) is 73.0 Å². The van der Waals surface area contributed by atoms with Crippen LogP contribution < -0.4 is 15.3 Å². The number of aliphatic imine (C=N–C) groups is 1. The van der Waals surface area contributed by atoms with E-state index in [2.05, 4.69) is 57.2 Å². The molecule has 0 aliphatic carbocycles. The molecule has 6 rings (SSSR count). The molecular formula is C26H33N7O2. The van der Waals surface area contributed by atoms with E-state index in [4.69, 9.17) is 24.4 Å². The second-order valence-electron chi connectivity index (χ2n) is 9.59. The van der Waals surface area contributed by atoms with E-state index >= 15 is 0 Å². The minimum Gasteiger partial charge on any atom is -0.381 e. The zero-order chi connectivity index (χ0) is 23.6. The molecule has 2 saturated heterocycles. The van der Waals surface area contributed by atoms with Gasteiger partial charge in [-0.15, -0.1) is 0 Å². The van der Waals surface area contributed by atoms with E-state index in [9.17, 15) is 0 Å². The third-order valence-corrected chi connectivity index (χ3v) is 7.09. The van der Waals surface area contributed by atoms with Gasteiger partial charge in [-0.2, -0.15) is 0 Å². The maximum Gasteiger partial charge on any atom is 0.164 e. The molecule has 3 aliphatic heterocycles. The lowest BCUT2D eigenvalue weighted by Crippen LogP contribution is -2.48. The first kappa shape index (κ1) is 22.3. The largest absolute Gasteiger partial charge is 0.381 e. The monoisotopic (exact) mass is 475 g/mol. The molecule has 2 fully saturated rings. The Hall–Kier alpha value is -3.17. The van der Waals surface area contributed by atoms with Gasteiger partial charge in [0, 0.05) is 44.5 Å². The first-order valence-corrected chi connectivity index (χ1v) is 12.7. The highest BCUT2D eigenvalue weighted by Gasteiger charge is 2.24. The molecule has 0 saturated carbocycles. The summed E-state index contributed by atoms with van der Waals surface area (Å²) in [6, 6.07) is 10.6. The average Bonchev–Trinajstić information content (AvgIpc) is 3.32. The summed E-state index contributed by atoms with van der Waals surface area (Å²) in [7, 11) is 0. The number of anilines is 2. The van der Waals surface area contributed by atoms with Gasteiger partial charge in [-0.05, 0) is 31.7 Å². The van der Waals surface area contributed by atoms with E-state index in [0.29, 0.717) is 12.5 Å². The van der Waals surface area contributed by atoms with Crippen LogP contribution in [0.4, 0.5) is 11.5 Å². The number of rotatable bonds is 5. The van der Waals surface area contributed by atoms with Crippen LogP contribution in [0.3, 0.4) is 0 Å². The van der Waals surface area contributed by atoms with Crippen LogP contribution in [0.1, 0.15) is 24.0 Å². The summed E-state index contributed by atoms with van der Waals surface area (Å²) in [5, 5.41) is 2.12. The Balaban J connectivity index is 1.35. The number of fused-ring (bicyclic) bond motifs is 1. The number of morpholine rings is 1. The van der Waals surface area contributed by atoms with Gasteiger partial charge in [-0.1, -0.05) is 23.8 Å². The smallest absolute Gasteiger partial charge is 0.164 e. The number of benzene rings is 1. The Morgan fingerprint density at radius 1 is 1.03 bits per heavy atom. The Kier molecular flexibility index (Phi) is 6.26. The number of nitrogens with zero attached hydrogens (tertiary/aromatic N) is 6. The lowest BCUT2D eigenvalue weighted by atomic mass is 10.0. The fourth-order valence-electron chi connectivity index (χ4n) is 5.13. The Morgan fingerprint density at radius 3 is 2.69 bits per heavy atom. The van der Waals surface area contributed by atoms with Crippen LogP contribution in [-0.2, 0) is 16.0 Å². The van der Waals surface area contributed by atoms with E-state index in [1.54, 1.807) is 0 Å². The quantitative estimate of drug-likeness (QED) is 0.608. The maximum atomic E-state index is 5.62. The van der Waals surface area contributed by atoms with Crippen LogP contribution >= 0.6 is 0 Å². The molecule has 9 heteroatoms. The molecule has 3 aromatic rings. The van der Waals surface area contributed by atoms with Crippen molar-refractivity contribution in [2.24, 2.45) is 10.9 Å². The minimum absolute atomic E-state index is 0.589. The van der Waals surface area contributed by atoms with Crippen LogP contribution in [0.2, 0.25) is 0 Å². The summed E-state index contributed by atoms with van der Waals surface area (Å²) < 4.78 is 13.4. The van der Waals surface area contributed by atoms with E-state index in [-0.39, 0.29) is 0 Å². The number of ether oxygens (including phenoxy) is 2. The minimum atomic E-state index is 0.589. The molecule has 184 valence electrons. The molecule has 0 bridgehead atoms. The van der Waals surface area contributed by atoms with Gasteiger partial charge in [-0.25, -0.2) is 9.97 Å². The molecule has 0 radical (unpaired) electrons. The highest BCUT2D eigenvalue weighted by molar-refractivity contribution is 6.00. The van der Waals surface area contributed by atoms with Gasteiger partial charge in [0.05, 0.1) is 38.3 Å². The number of aryl methyl sites for hydroxylation is 1. The zero-order valence-electron chi connectivity index (χ0n) is 20.3. The molecule has 0 spiro atoms. The van der Waals surface area contributed by atoms with Crippen LogP contribution in [0.5, 0.6) is 0 Å². The summed E-state index contributed by atoms with van der Waals surface area (Å²) in [6.07, 6.45) is 4.13. The van der Waals surface area contributed by atoms with Gasteiger partial charge in [0.25, 0.3) is 0 Å². The summed E-state index contributed by atoms with van der Waals surface area (Å²) in [6.45, 7) is 9.35. The zero-order valence-corrected chi connectivity index (χ0v) is 20.3. The number of hydrazine groups is 1. The van der Waals surface area contributed by atoms with Gasteiger partial charge >= 0.3 is 0 Å². The summed E-state index contributed by atoms with van der Waals surface area (Å²) in [5.74, 6) is 2.37. The van der Waals surface area contributed by atoms with Crippen molar-refractivity contribution >= 4 is 28.5 Å². The molecule has 1 N–H and O–H groups in total. The van der Waals surface area contributed by atoms with Crippen molar-refractivity contribution < 1.29 is 9.47 Å². The second kappa shape index (κ2) is 9.83. The molecular weight excluding hydrogens is 442 g/mol. The molecule has 2 aromatic heterocycles. The maximum absolute atomic E-state index is 5.62. The highest BCUT2D eigenvalue weighted by atomic mass is 16.5. The molecule has 1 aromatic carbocycles. The SMILES string of the molecule is Cc1cccc(C2=NCCN(c3cc(N4CCOCC4)c4ncn(CC5CCOCC5)c4n3)N2)c1. The van der Waals surface area contributed by atoms with E-state index in [1.807, 2.05) is 6.33 Å². The van der Waals surface area contributed by atoms with Gasteiger partial charge in [0.15, 0.2) is 11.5 Å². The van der Waals surface area contributed by atoms with Crippen molar-refractivity contribution in [3.8, 4) is 0 Å². The number of hydrogen-bond donors (Lipinski definition) is 1. The van der Waals surface area contributed by atoms with Crippen LogP contribution in [0, 0.1) is 12.8 Å². The van der Waals surface area contributed by atoms with E-state index in [1.165, 1.54) is 5.56 Å². The number of aromatic nitrogens is 3. The number of nitrogens with one attached hydrogen (secondary N) is 1. The van der Waals surface area contributed by atoms with Crippen molar-refractivity contribution in [1.82, 2.24) is 20.0 Å². The number of hydrogen-bond acceptors (Lipinski definition) is 8. The average molecular weight is 476 g/mol. The summed E-state index contributed by atoms with van der Waals surface area (Å²) in [4.78, 5) is 17.1. The Morgan fingerprint density at radius 2 is 1.86 bits per heavy atom. The first-order chi connectivity index (χ1) is 17.2. The lowest BCUT2D eigenvalue weighted by Gasteiger charge is -2.32. The predicted molar refractivity (Wildman–Crippen MR) is 137 cm³/mol. The summed E-state index contributed by atoms with van der Waals surface area (Å²) in [5.41, 5.74) is 8.87. The number of amidine groups is 1. The Bertz CT molecular complexity index is 1210. The molecule has 35 heavy (non-hydrogen) atoms. The second-order valence-corrected chi connectivity index (χ2v) is 9.59. The van der Waals surface area contributed by atoms with Gasteiger partial charge in [0.2, 0.25) is 0 Å². The van der Waals surface area contributed by atoms with E-state index in [0.717, 1.165) is 99.5 Å². The van der Waals surface area contributed by atoms with Crippen molar-refractivity contribution in [1.29, 1.82) is 0 Å². The predicted octanol–water partition coefficient (Wildman–Crippen LogP) is 2.77. The van der Waals surface area contributed by atoms with Crippen molar-refractivity contribution in [2.75, 3.05) is 62.5 Å². The topological polar surface area (TPSA) is 80.0 Å². The van der Waals surface area contributed by atoms with Crippen molar-refractivity contribution in [3.05, 3.63) is 47.8 Å².